The van der Waals surface area contributed by atoms with E-state index in [2.05, 4.69) is 5.73 Å². The summed E-state index contributed by atoms with van der Waals surface area (Å²) < 4.78 is 0. The van der Waals surface area contributed by atoms with E-state index in [1.54, 1.807) is 5.48 Å². The SMILES string of the molecule is CN.CNO.Cl. The second-order valence-electron chi connectivity index (χ2n) is 0.224. The minimum Gasteiger partial charge on any atom is -0.333 e. The zero-order valence-electron chi connectivity index (χ0n) is 3.93. The summed E-state index contributed by atoms with van der Waals surface area (Å²) in [4.78, 5) is 0. The first-order valence-electron chi connectivity index (χ1n) is 1.30. The van der Waals surface area contributed by atoms with Crippen LogP contribution in [0, 0.1) is 0 Å². The van der Waals surface area contributed by atoms with Gasteiger partial charge in [0.2, 0.25) is 0 Å². The van der Waals surface area contributed by atoms with Crippen LogP contribution in [-0.4, -0.2) is 19.3 Å². The van der Waals surface area contributed by atoms with Gasteiger partial charge in [-0.15, -0.1) is 12.4 Å². The lowest BCUT2D eigenvalue weighted by atomic mass is 11.6. The van der Waals surface area contributed by atoms with Crippen LogP contribution >= 0.6 is 12.4 Å². The maximum Gasteiger partial charge on any atom is 0.00929 e. The van der Waals surface area contributed by atoms with E-state index in [0.29, 0.717) is 0 Å². The lowest BCUT2D eigenvalue weighted by molar-refractivity contribution is 0.194. The van der Waals surface area contributed by atoms with Gasteiger partial charge in [0.15, 0.2) is 0 Å². The van der Waals surface area contributed by atoms with Crippen LogP contribution in [0.2, 0.25) is 0 Å². The number of hydrogen-bond donors (Lipinski definition) is 3. The van der Waals surface area contributed by atoms with Crippen molar-refractivity contribution in [1.82, 2.24) is 5.48 Å². The molecule has 0 atom stereocenters. The molecule has 0 heterocycles. The summed E-state index contributed by atoms with van der Waals surface area (Å²) >= 11 is 0. The molecule has 0 spiro atoms. The molecule has 0 bridgehead atoms. The number of halogens is 1. The highest BCUT2D eigenvalue weighted by Crippen LogP contribution is 0.957. The molecule has 42 valence electrons. The van der Waals surface area contributed by atoms with Crippen molar-refractivity contribution in [3.8, 4) is 0 Å². The lowest BCUT2D eigenvalue weighted by Gasteiger charge is -1.60. The predicted molar refractivity (Wildman–Crippen MR) is 28.2 cm³/mol. The Bertz CT molecular complexity index is 11.5. The Morgan fingerprint density at radius 3 is 1.50 bits per heavy atom. The zero-order chi connectivity index (χ0) is 4.71. The highest BCUT2D eigenvalue weighted by atomic mass is 35.5. The normalized spacial score (nSPS) is 4.00. The Morgan fingerprint density at radius 1 is 1.50 bits per heavy atom. The Labute approximate surface area is 43.9 Å². The molecular formula is C2H11ClN2O. The van der Waals surface area contributed by atoms with Crippen LogP contribution in [0.1, 0.15) is 0 Å². The van der Waals surface area contributed by atoms with E-state index >= 15 is 0 Å². The molecule has 0 rings (SSSR count). The minimum absolute atomic E-state index is 0. The highest BCUT2D eigenvalue weighted by molar-refractivity contribution is 5.85. The van der Waals surface area contributed by atoms with Crippen LogP contribution in [0.25, 0.3) is 0 Å². The molecule has 0 saturated carbocycles. The summed E-state index contributed by atoms with van der Waals surface area (Å²) in [6.45, 7) is 0. The van der Waals surface area contributed by atoms with Gasteiger partial charge in [-0.25, -0.2) is 5.48 Å². The van der Waals surface area contributed by atoms with Crippen LogP contribution in [-0.2, 0) is 0 Å². The van der Waals surface area contributed by atoms with E-state index in [-0.39, 0.29) is 12.4 Å². The monoisotopic (exact) mass is 114 g/mol. The molecule has 6 heavy (non-hydrogen) atoms. The van der Waals surface area contributed by atoms with Crippen LogP contribution < -0.4 is 11.2 Å². The Hall–Kier alpha value is 0.170. The molecule has 0 aliphatic heterocycles. The first-order valence-corrected chi connectivity index (χ1v) is 1.30. The Morgan fingerprint density at radius 2 is 1.50 bits per heavy atom. The first-order chi connectivity index (χ1) is 2.41. The van der Waals surface area contributed by atoms with Gasteiger partial charge in [-0.1, -0.05) is 0 Å². The number of hydrogen-bond acceptors (Lipinski definition) is 3. The van der Waals surface area contributed by atoms with E-state index in [4.69, 9.17) is 5.21 Å². The quantitative estimate of drug-likeness (QED) is 0.376. The second kappa shape index (κ2) is 65.7. The largest absolute Gasteiger partial charge is 0.333 e. The molecule has 0 aliphatic carbocycles. The van der Waals surface area contributed by atoms with Gasteiger partial charge >= 0.3 is 0 Å². The molecule has 0 aliphatic rings. The number of nitrogens with two attached hydrogens (primary N) is 1. The fourth-order valence-corrected chi connectivity index (χ4v) is 0. The Kier molecular flexibility index (Phi) is 180. The van der Waals surface area contributed by atoms with Crippen molar-refractivity contribution in [3.63, 3.8) is 0 Å². The summed E-state index contributed by atoms with van der Waals surface area (Å²) in [6.07, 6.45) is 0. The van der Waals surface area contributed by atoms with E-state index in [1.165, 1.54) is 14.1 Å². The number of rotatable bonds is 0. The van der Waals surface area contributed by atoms with Gasteiger partial charge in [0.1, 0.15) is 0 Å². The van der Waals surface area contributed by atoms with Gasteiger partial charge in [-0.05, 0) is 7.05 Å². The molecule has 4 heteroatoms. The minimum atomic E-state index is 0. The van der Waals surface area contributed by atoms with Crippen molar-refractivity contribution in [3.05, 3.63) is 0 Å². The van der Waals surface area contributed by atoms with Gasteiger partial charge in [0.25, 0.3) is 0 Å². The third-order valence-electron chi connectivity index (χ3n) is 0. The van der Waals surface area contributed by atoms with Crippen LogP contribution in [0.5, 0.6) is 0 Å². The summed E-state index contributed by atoms with van der Waals surface area (Å²) in [5.41, 5.74) is 6.25. The van der Waals surface area contributed by atoms with Crippen molar-refractivity contribution in [2.45, 2.75) is 0 Å². The summed E-state index contributed by atoms with van der Waals surface area (Å²) in [5, 5.41) is 7.32. The first kappa shape index (κ1) is 16.4. The maximum absolute atomic E-state index is 7.32. The molecule has 0 saturated heterocycles. The number of nitrogens with one attached hydrogen (secondary N) is 1. The molecule has 0 amide bonds. The van der Waals surface area contributed by atoms with E-state index < -0.39 is 0 Å². The molecule has 0 aromatic heterocycles. The van der Waals surface area contributed by atoms with Crippen molar-refractivity contribution < 1.29 is 5.21 Å². The average Bonchev–Trinajstić information content (AvgIpc) is 1.46. The Balaban J connectivity index is -0.0000000275. The van der Waals surface area contributed by atoms with Gasteiger partial charge in [-0.3, -0.25) is 0 Å². The molecule has 0 aromatic carbocycles. The molecule has 0 radical (unpaired) electrons. The van der Waals surface area contributed by atoms with Crippen LogP contribution in [0.15, 0.2) is 0 Å². The molecule has 4 N–H and O–H groups in total. The molecular weight excluding hydrogens is 103 g/mol. The zero-order valence-corrected chi connectivity index (χ0v) is 4.75. The lowest BCUT2D eigenvalue weighted by Crippen LogP contribution is -1.91. The summed E-state index contributed by atoms with van der Waals surface area (Å²) in [7, 11) is 2.93. The van der Waals surface area contributed by atoms with E-state index in [9.17, 15) is 0 Å². The predicted octanol–water partition coefficient (Wildman–Crippen LogP) is -0.408. The molecule has 0 aromatic rings. The average molecular weight is 115 g/mol. The van der Waals surface area contributed by atoms with E-state index in [0.717, 1.165) is 0 Å². The van der Waals surface area contributed by atoms with Gasteiger partial charge in [0, 0.05) is 7.05 Å². The molecule has 0 unspecified atom stereocenters. The third kappa shape index (κ3) is 1450. The third-order valence-corrected chi connectivity index (χ3v) is 0. The van der Waals surface area contributed by atoms with Gasteiger partial charge in [-0.2, -0.15) is 0 Å². The van der Waals surface area contributed by atoms with Crippen molar-refractivity contribution >= 4 is 12.4 Å². The van der Waals surface area contributed by atoms with E-state index in [1.807, 2.05) is 0 Å². The van der Waals surface area contributed by atoms with Crippen molar-refractivity contribution in [2.75, 3.05) is 14.1 Å². The summed E-state index contributed by atoms with van der Waals surface area (Å²) in [6, 6.07) is 0. The topological polar surface area (TPSA) is 58.3 Å². The van der Waals surface area contributed by atoms with Gasteiger partial charge < -0.3 is 10.9 Å². The van der Waals surface area contributed by atoms with Crippen LogP contribution in [0.4, 0.5) is 0 Å². The standard InChI is InChI=1S/CH5NO.CH5N.ClH/c1-2-3;1-2;/h2-3H,1H3;2H2,1H3;1H. The summed E-state index contributed by atoms with van der Waals surface area (Å²) in [5.74, 6) is 0. The van der Waals surface area contributed by atoms with Crippen molar-refractivity contribution in [2.24, 2.45) is 5.73 Å². The fraction of sp³-hybridized carbons (Fsp3) is 1.00. The second-order valence-corrected chi connectivity index (χ2v) is 0.224. The molecule has 0 fully saturated rings. The maximum atomic E-state index is 7.32. The van der Waals surface area contributed by atoms with Gasteiger partial charge in [0.05, 0.1) is 0 Å². The van der Waals surface area contributed by atoms with Crippen molar-refractivity contribution in [1.29, 1.82) is 0 Å². The smallest absolute Gasteiger partial charge is 0.00929 e. The molecule has 3 nitrogen and oxygen atoms in total. The number of hydroxylamine groups is 1. The van der Waals surface area contributed by atoms with Crippen LogP contribution in [0.3, 0.4) is 0 Å². The fourth-order valence-electron chi connectivity index (χ4n) is 0. The highest BCUT2D eigenvalue weighted by Gasteiger charge is 1.24.